The lowest BCUT2D eigenvalue weighted by molar-refractivity contribution is -0.123. The van der Waals surface area contributed by atoms with Gasteiger partial charge in [0.1, 0.15) is 10.2 Å². The van der Waals surface area contributed by atoms with E-state index in [0.717, 1.165) is 50.0 Å². The first-order valence-electron chi connectivity index (χ1n) is 12.6. The highest BCUT2D eigenvalue weighted by atomic mass is 79.9. The van der Waals surface area contributed by atoms with E-state index < -0.39 is 11.6 Å². The molecule has 0 N–H and O–H groups in total. The first-order chi connectivity index (χ1) is 16.5. The number of carbonyl (C=O) groups is 2. The van der Waals surface area contributed by atoms with Gasteiger partial charge in [-0.25, -0.2) is 9.78 Å². The molecule has 1 saturated carbocycles. The minimum Gasteiger partial charge on any atom is -0.444 e. The smallest absolute Gasteiger partial charge is 0.411 e. The number of ether oxygens (including phenoxy) is 1. The summed E-state index contributed by atoms with van der Waals surface area (Å²) in [7, 11) is 2.14. The standard InChI is InChI=1S/C28H40BrN3O3/c1-7-9-10-11-15-31(6)19-28-17-22(32(24(28)18-28)26(34)35-27(3,4)5)23(33)16-21-20(12-8-2)13-14-25(29)30-21/h7-8,13-14,22,24H,1-2,9-12,15-19H2,3-6H3/t22-,24+,28-/m0/s1. The van der Waals surface area contributed by atoms with Crippen LogP contribution in [0.4, 0.5) is 4.79 Å². The van der Waals surface area contributed by atoms with Gasteiger partial charge in [-0.2, -0.15) is 0 Å². The second-order valence-corrected chi connectivity index (χ2v) is 11.9. The number of ketones is 1. The quantitative estimate of drug-likeness (QED) is 0.190. The number of likely N-dealkylation sites (tertiary alicyclic amines) is 1. The zero-order valence-corrected chi connectivity index (χ0v) is 23.3. The Bertz CT molecular complexity index is 957. The van der Waals surface area contributed by atoms with Crippen LogP contribution in [0.2, 0.25) is 0 Å². The molecule has 0 radical (unpaired) electrons. The Kier molecular flexibility index (Phi) is 8.97. The molecule has 3 rings (SSSR count). The number of nitrogens with zero attached hydrogens (tertiary/aromatic N) is 3. The van der Waals surface area contributed by atoms with Crippen molar-refractivity contribution in [3.63, 3.8) is 0 Å². The summed E-state index contributed by atoms with van der Waals surface area (Å²) in [6.07, 6.45) is 9.09. The van der Waals surface area contributed by atoms with Crippen molar-refractivity contribution in [2.24, 2.45) is 5.41 Å². The van der Waals surface area contributed by atoms with Crippen LogP contribution in [-0.2, 0) is 22.4 Å². The molecule has 35 heavy (non-hydrogen) atoms. The lowest BCUT2D eigenvalue weighted by atomic mass is 9.94. The van der Waals surface area contributed by atoms with Crippen LogP contribution in [0.15, 0.2) is 42.0 Å². The molecule has 2 heterocycles. The van der Waals surface area contributed by atoms with E-state index in [1.165, 1.54) is 0 Å². The number of halogens is 1. The molecule has 0 bridgehead atoms. The van der Waals surface area contributed by atoms with E-state index in [4.69, 9.17) is 4.74 Å². The fourth-order valence-corrected chi connectivity index (χ4v) is 5.63. The SMILES string of the molecule is C=CCCCCN(C)C[C@@]12C[C@@H](C(=O)Cc3nc(Br)ccc3CC=C)N(C(=O)OC(C)(C)C)[C@@H]1C2. The Balaban J connectivity index is 1.77. The predicted octanol–water partition coefficient (Wildman–Crippen LogP) is 5.74. The Hall–Kier alpha value is -1.99. The van der Waals surface area contributed by atoms with Crippen molar-refractivity contribution in [1.82, 2.24) is 14.8 Å². The summed E-state index contributed by atoms with van der Waals surface area (Å²) >= 11 is 3.43. The van der Waals surface area contributed by atoms with Crippen LogP contribution < -0.4 is 0 Å². The molecular formula is C28H40BrN3O3. The maximum Gasteiger partial charge on any atom is 0.411 e. The molecular weight excluding hydrogens is 506 g/mol. The third-order valence-corrected chi connectivity index (χ3v) is 7.36. The highest BCUT2D eigenvalue weighted by molar-refractivity contribution is 9.10. The Labute approximate surface area is 218 Å². The van der Waals surface area contributed by atoms with Crippen LogP contribution in [-0.4, -0.2) is 64.5 Å². The number of fused-ring (bicyclic) bond motifs is 1. The van der Waals surface area contributed by atoms with Crippen LogP contribution in [0, 0.1) is 5.41 Å². The summed E-state index contributed by atoms with van der Waals surface area (Å²) in [4.78, 5) is 35.6. The molecule has 6 nitrogen and oxygen atoms in total. The van der Waals surface area contributed by atoms with Crippen LogP contribution in [0.1, 0.15) is 64.1 Å². The molecule has 1 amide bonds. The molecule has 3 atom stereocenters. The lowest BCUT2D eigenvalue weighted by Gasteiger charge is -2.30. The molecule has 1 aliphatic heterocycles. The fraction of sp³-hybridized carbons (Fsp3) is 0.607. The Morgan fingerprint density at radius 3 is 2.66 bits per heavy atom. The molecule has 7 heteroatoms. The average Bonchev–Trinajstić information content (AvgIpc) is 3.34. The van der Waals surface area contributed by atoms with Gasteiger partial charge in [-0.05, 0) is 100 Å². The third-order valence-electron chi connectivity index (χ3n) is 6.92. The van der Waals surface area contributed by atoms with Gasteiger partial charge in [-0.15, -0.1) is 13.2 Å². The van der Waals surface area contributed by atoms with E-state index in [2.05, 4.69) is 46.0 Å². The lowest BCUT2D eigenvalue weighted by Crippen LogP contribution is -2.46. The van der Waals surface area contributed by atoms with Crippen molar-refractivity contribution in [2.75, 3.05) is 20.1 Å². The summed E-state index contributed by atoms with van der Waals surface area (Å²) in [6, 6.07) is 3.41. The summed E-state index contributed by atoms with van der Waals surface area (Å²) in [5.74, 6) is 0.0204. The van der Waals surface area contributed by atoms with Gasteiger partial charge in [-0.3, -0.25) is 9.69 Å². The second kappa shape index (κ2) is 11.4. The van der Waals surface area contributed by atoms with Crippen molar-refractivity contribution in [3.8, 4) is 0 Å². The largest absolute Gasteiger partial charge is 0.444 e. The molecule has 0 aromatic carbocycles. The number of Topliss-reactive ketones (excluding diaryl/α,β-unsaturated/α-hetero) is 1. The zero-order chi connectivity index (χ0) is 25.8. The highest BCUT2D eigenvalue weighted by Crippen LogP contribution is 2.60. The number of piperidine rings is 1. The van der Waals surface area contributed by atoms with Crippen molar-refractivity contribution in [2.45, 2.75) is 83.4 Å². The van der Waals surface area contributed by atoms with E-state index in [9.17, 15) is 9.59 Å². The van der Waals surface area contributed by atoms with Crippen molar-refractivity contribution in [1.29, 1.82) is 0 Å². The summed E-state index contributed by atoms with van der Waals surface area (Å²) < 4.78 is 6.44. The monoisotopic (exact) mass is 545 g/mol. The molecule has 0 spiro atoms. The maximum atomic E-state index is 13.6. The molecule has 0 unspecified atom stereocenters. The summed E-state index contributed by atoms with van der Waals surface area (Å²) in [5.41, 5.74) is 1.06. The maximum absolute atomic E-state index is 13.6. The van der Waals surface area contributed by atoms with Gasteiger partial charge in [0.2, 0.25) is 0 Å². The van der Waals surface area contributed by atoms with Gasteiger partial charge >= 0.3 is 6.09 Å². The van der Waals surface area contributed by atoms with E-state index in [0.29, 0.717) is 17.4 Å². The highest BCUT2D eigenvalue weighted by Gasteiger charge is 2.67. The molecule has 1 aliphatic carbocycles. The van der Waals surface area contributed by atoms with E-state index in [1.807, 2.05) is 45.1 Å². The average molecular weight is 547 g/mol. The van der Waals surface area contributed by atoms with E-state index in [-0.39, 0.29) is 29.8 Å². The minimum absolute atomic E-state index is 0.0204. The minimum atomic E-state index is -0.615. The molecule has 192 valence electrons. The number of carbonyl (C=O) groups excluding carboxylic acids is 2. The molecule has 2 fully saturated rings. The van der Waals surface area contributed by atoms with E-state index in [1.54, 1.807) is 4.90 Å². The topological polar surface area (TPSA) is 62.7 Å². The van der Waals surface area contributed by atoms with Gasteiger partial charge in [0, 0.05) is 18.0 Å². The van der Waals surface area contributed by atoms with Gasteiger partial charge in [0.25, 0.3) is 0 Å². The van der Waals surface area contributed by atoms with E-state index >= 15 is 0 Å². The normalized spacial score (nSPS) is 23.2. The van der Waals surface area contributed by atoms with Crippen molar-refractivity contribution < 1.29 is 14.3 Å². The number of amides is 1. The first kappa shape index (κ1) is 27.6. The van der Waals surface area contributed by atoms with Crippen LogP contribution >= 0.6 is 15.9 Å². The summed E-state index contributed by atoms with van der Waals surface area (Å²) in [6.45, 7) is 15.1. The number of pyridine rings is 1. The van der Waals surface area contributed by atoms with Crippen LogP contribution in [0.3, 0.4) is 0 Å². The van der Waals surface area contributed by atoms with Crippen LogP contribution in [0.25, 0.3) is 0 Å². The molecule has 1 saturated heterocycles. The van der Waals surface area contributed by atoms with Gasteiger partial charge < -0.3 is 9.64 Å². The Morgan fingerprint density at radius 2 is 2.00 bits per heavy atom. The summed E-state index contributed by atoms with van der Waals surface area (Å²) in [5, 5.41) is 0. The van der Waals surface area contributed by atoms with Crippen molar-refractivity contribution in [3.05, 3.63) is 53.3 Å². The number of allylic oxidation sites excluding steroid dienone is 2. The van der Waals surface area contributed by atoms with Gasteiger partial charge in [-0.1, -0.05) is 18.2 Å². The molecule has 1 aromatic rings. The zero-order valence-electron chi connectivity index (χ0n) is 21.7. The van der Waals surface area contributed by atoms with Gasteiger partial charge in [0.05, 0.1) is 18.2 Å². The van der Waals surface area contributed by atoms with Crippen LogP contribution in [0.5, 0.6) is 0 Å². The number of aromatic nitrogens is 1. The number of rotatable bonds is 12. The van der Waals surface area contributed by atoms with Crippen molar-refractivity contribution >= 4 is 27.8 Å². The fourth-order valence-electron chi connectivity index (χ4n) is 5.28. The third kappa shape index (κ3) is 7.04. The molecule has 2 aliphatic rings. The van der Waals surface area contributed by atoms with Gasteiger partial charge in [0.15, 0.2) is 5.78 Å². The molecule has 1 aromatic heterocycles. The Morgan fingerprint density at radius 1 is 1.26 bits per heavy atom. The first-order valence-corrected chi connectivity index (χ1v) is 13.4. The second-order valence-electron chi connectivity index (χ2n) is 11.1. The number of hydrogen-bond donors (Lipinski definition) is 0. The predicted molar refractivity (Wildman–Crippen MR) is 143 cm³/mol. The number of hydrogen-bond acceptors (Lipinski definition) is 5. The number of unbranched alkanes of at least 4 members (excludes halogenated alkanes) is 2.